The zero-order valence-electron chi connectivity index (χ0n) is 7.88. The molecule has 1 atom stereocenters. The van der Waals surface area contributed by atoms with Crippen molar-refractivity contribution in [2.45, 2.75) is 31.3 Å². The molecular formula is C9H17N3O. The van der Waals surface area contributed by atoms with Crippen molar-refractivity contribution in [2.24, 2.45) is 5.73 Å². The summed E-state index contributed by atoms with van der Waals surface area (Å²) in [7, 11) is 0. The molecule has 13 heavy (non-hydrogen) atoms. The minimum atomic E-state index is 0.0317. The van der Waals surface area contributed by atoms with Gasteiger partial charge in [-0.2, -0.15) is 0 Å². The van der Waals surface area contributed by atoms with Gasteiger partial charge in [0, 0.05) is 19.7 Å². The number of nitrogens with two attached hydrogens (primary N) is 1. The number of ether oxygens (including phenoxy) is 1. The van der Waals surface area contributed by atoms with E-state index in [0.29, 0.717) is 0 Å². The van der Waals surface area contributed by atoms with Crippen molar-refractivity contribution in [3.63, 3.8) is 0 Å². The SMILES string of the molecule is N=C(N)N1CC[C@@]2(CCCCO2)C1. The molecule has 74 valence electrons. The van der Waals surface area contributed by atoms with Crippen molar-refractivity contribution in [1.82, 2.24) is 4.90 Å². The molecular weight excluding hydrogens is 166 g/mol. The van der Waals surface area contributed by atoms with E-state index in [1.807, 2.05) is 4.90 Å². The number of likely N-dealkylation sites (tertiary alicyclic amines) is 1. The van der Waals surface area contributed by atoms with Gasteiger partial charge in [0.15, 0.2) is 5.96 Å². The summed E-state index contributed by atoms with van der Waals surface area (Å²) in [5.41, 5.74) is 5.47. The molecule has 0 aromatic rings. The van der Waals surface area contributed by atoms with Crippen LogP contribution in [0, 0.1) is 5.41 Å². The van der Waals surface area contributed by atoms with Gasteiger partial charge in [0.25, 0.3) is 0 Å². The highest BCUT2D eigenvalue weighted by Gasteiger charge is 2.40. The van der Waals surface area contributed by atoms with E-state index in [2.05, 4.69) is 0 Å². The monoisotopic (exact) mass is 183 g/mol. The quantitative estimate of drug-likeness (QED) is 0.425. The van der Waals surface area contributed by atoms with Crippen molar-refractivity contribution in [1.29, 1.82) is 5.41 Å². The zero-order chi connectivity index (χ0) is 9.31. The van der Waals surface area contributed by atoms with E-state index in [1.54, 1.807) is 0 Å². The van der Waals surface area contributed by atoms with Gasteiger partial charge in [-0.25, -0.2) is 0 Å². The Bertz CT molecular complexity index is 211. The predicted octanol–water partition coefficient (Wildman–Crippen LogP) is 0.525. The van der Waals surface area contributed by atoms with E-state index < -0.39 is 0 Å². The lowest BCUT2D eigenvalue weighted by Gasteiger charge is -2.33. The van der Waals surface area contributed by atoms with E-state index in [-0.39, 0.29) is 11.6 Å². The summed E-state index contributed by atoms with van der Waals surface area (Å²) in [5, 5.41) is 7.34. The molecule has 0 aliphatic carbocycles. The minimum absolute atomic E-state index is 0.0317. The first-order valence-electron chi connectivity index (χ1n) is 4.95. The summed E-state index contributed by atoms with van der Waals surface area (Å²) in [5.74, 6) is 0.186. The number of rotatable bonds is 0. The predicted molar refractivity (Wildman–Crippen MR) is 50.6 cm³/mol. The van der Waals surface area contributed by atoms with Gasteiger partial charge in [-0.3, -0.25) is 5.41 Å². The van der Waals surface area contributed by atoms with Crippen LogP contribution in [0.3, 0.4) is 0 Å². The molecule has 0 radical (unpaired) electrons. The van der Waals surface area contributed by atoms with Crippen LogP contribution in [0.1, 0.15) is 25.7 Å². The van der Waals surface area contributed by atoms with Gasteiger partial charge in [-0.1, -0.05) is 0 Å². The summed E-state index contributed by atoms with van der Waals surface area (Å²) in [6.07, 6.45) is 4.61. The maximum Gasteiger partial charge on any atom is 0.188 e. The first kappa shape index (κ1) is 8.81. The van der Waals surface area contributed by atoms with Crippen LogP contribution >= 0.6 is 0 Å². The van der Waals surface area contributed by atoms with Crippen LogP contribution in [0.5, 0.6) is 0 Å². The molecule has 2 saturated heterocycles. The largest absolute Gasteiger partial charge is 0.373 e. The Morgan fingerprint density at radius 1 is 1.38 bits per heavy atom. The molecule has 4 nitrogen and oxygen atoms in total. The smallest absolute Gasteiger partial charge is 0.188 e. The lowest BCUT2D eigenvalue weighted by Crippen LogP contribution is -2.42. The van der Waals surface area contributed by atoms with Crippen molar-refractivity contribution in [2.75, 3.05) is 19.7 Å². The highest BCUT2D eigenvalue weighted by Crippen LogP contribution is 2.33. The van der Waals surface area contributed by atoms with Crippen molar-refractivity contribution < 1.29 is 4.74 Å². The zero-order valence-corrected chi connectivity index (χ0v) is 7.88. The van der Waals surface area contributed by atoms with Crippen LogP contribution in [0.2, 0.25) is 0 Å². The second-order valence-electron chi connectivity index (χ2n) is 4.05. The van der Waals surface area contributed by atoms with E-state index >= 15 is 0 Å². The Hall–Kier alpha value is -0.770. The van der Waals surface area contributed by atoms with E-state index in [9.17, 15) is 0 Å². The van der Waals surface area contributed by atoms with Crippen LogP contribution in [0.15, 0.2) is 0 Å². The molecule has 0 aromatic carbocycles. The normalized spacial score (nSPS) is 34.0. The van der Waals surface area contributed by atoms with E-state index in [4.69, 9.17) is 15.9 Å². The van der Waals surface area contributed by atoms with Crippen LogP contribution in [-0.2, 0) is 4.74 Å². The van der Waals surface area contributed by atoms with Gasteiger partial charge in [-0.05, 0) is 25.7 Å². The second-order valence-corrected chi connectivity index (χ2v) is 4.05. The van der Waals surface area contributed by atoms with Crippen LogP contribution in [-0.4, -0.2) is 36.2 Å². The Kier molecular flexibility index (Phi) is 2.15. The molecule has 1 spiro atoms. The van der Waals surface area contributed by atoms with E-state index in [1.165, 1.54) is 12.8 Å². The number of nitrogens with one attached hydrogen (secondary N) is 1. The summed E-state index contributed by atoms with van der Waals surface area (Å²) in [6.45, 7) is 2.59. The molecule has 0 saturated carbocycles. The maximum atomic E-state index is 7.34. The average molecular weight is 183 g/mol. The van der Waals surface area contributed by atoms with Crippen molar-refractivity contribution in [3.8, 4) is 0 Å². The number of hydrogen-bond donors (Lipinski definition) is 2. The Labute approximate surface area is 78.5 Å². The van der Waals surface area contributed by atoms with Gasteiger partial charge in [0.05, 0.1) is 5.60 Å². The lowest BCUT2D eigenvalue weighted by atomic mass is 9.93. The Morgan fingerprint density at radius 2 is 2.23 bits per heavy atom. The Balaban J connectivity index is 1.98. The van der Waals surface area contributed by atoms with Crippen LogP contribution in [0.4, 0.5) is 0 Å². The van der Waals surface area contributed by atoms with Gasteiger partial charge in [0.1, 0.15) is 0 Å². The van der Waals surface area contributed by atoms with Gasteiger partial charge in [-0.15, -0.1) is 0 Å². The molecule has 4 heteroatoms. The second kappa shape index (κ2) is 3.18. The van der Waals surface area contributed by atoms with Crippen LogP contribution in [0.25, 0.3) is 0 Å². The number of hydrogen-bond acceptors (Lipinski definition) is 2. The van der Waals surface area contributed by atoms with Crippen molar-refractivity contribution >= 4 is 5.96 Å². The van der Waals surface area contributed by atoms with E-state index in [0.717, 1.165) is 32.5 Å². The fourth-order valence-electron chi connectivity index (χ4n) is 2.28. The third-order valence-electron chi connectivity index (χ3n) is 3.09. The van der Waals surface area contributed by atoms with Crippen molar-refractivity contribution in [3.05, 3.63) is 0 Å². The fraction of sp³-hybridized carbons (Fsp3) is 0.889. The van der Waals surface area contributed by atoms with Gasteiger partial charge in [0.2, 0.25) is 0 Å². The highest BCUT2D eigenvalue weighted by molar-refractivity contribution is 5.75. The summed E-state index contributed by atoms with van der Waals surface area (Å²) >= 11 is 0. The highest BCUT2D eigenvalue weighted by atomic mass is 16.5. The average Bonchev–Trinajstić information content (AvgIpc) is 2.51. The molecule has 0 amide bonds. The molecule has 2 aliphatic rings. The summed E-state index contributed by atoms with van der Waals surface area (Å²) < 4.78 is 5.81. The first-order valence-corrected chi connectivity index (χ1v) is 4.95. The molecule has 0 aromatic heterocycles. The lowest BCUT2D eigenvalue weighted by molar-refractivity contribution is -0.0669. The van der Waals surface area contributed by atoms with Crippen LogP contribution < -0.4 is 5.73 Å². The summed E-state index contributed by atoms with van der Waals surface area (Å²) in [4.78, 5) is 1.91. The summed E-state index contributed by atoms with van der Waals surface area (Å²) in [6, 6.07) is 0. The molecule has 2 rings (SSSR count). The third kappa shape index (κ3) is 1.63. The maximum absolute atomic E-state index is 7.34. The standard InChI is InChI=1S/C9H17N3O/c10-8(11)12-5-4-9(7-12)3-1-2-6-13-9/h1-7H2,(H3,10,11)/t9-/m0/s1. The van der Waals surface area contributed by atoms with Gasteiger partial charge >= 0.3 is 0 Å². The third-order valence-corrected chi connectivity index (χ3v) is 3.09. The molecule has 2 fully saturated rings. The van der Waals surface area contributed by atoms with Gasteiger partial charge < -0.3 is 15.4 Å². The molecule has 0 unspecified atom stereocenters. The molecule has 2 aliphatic heterocycles. The first-order chi connectivity index (χ1) is 6.22. The molecule has 0 bridgehead atoms. The Morgan fingerprint density at radius 3 is 2.77 bits per heavy atom. The number of nitrogens with zero attached hydrogens (tertiary/aromatic N) is 1. The molecule has 3 N–H and O–H groups in total. The topological polar surface area (TPSA) is 62.3 Å². The molecule has 2 heterocycles. The number of guanidine groups is 1. The fourth-order valence-corrected chi connectivity index (χ4v) is 2.28. The minimum Gasteiger partial charge on any atom is -0.373 e.